The monoisotopic (exact) mass is 357 g/mol. The van der Waals surface area contributed by atoms with Gasteiger partial charge in [-0.3, -0.25) is 0 Å². The predicted molar refractivity (Wildman–Crippen MR) is 106 cm³/mol. The molecule has 0 N–H and O–H groups in total. The number of rotatable bonds is 3. The van der Waals surface area contributed by atoms with Gasteiger partial charge < -0.3 is 9.47 Å². The van der Waals surface area contributed by atoms with E-state index in [0.29, 0.717) is 5.46 Å². The Morgan fingerprint density at radius 2 is 1.44 bits per heavy atom. The summed E-state index contributed by atoms with van der Waals surface area (Å²) in [5.41, 5.74) is 2.29. The van der Waals surface area contributed by atoms with Crippen LogP contribution >= 0.6 is 0 Å². The molecule has 1 atom stereocenters. The number of benzene rings is 3. The van der Waals surface area contributed by atoms with Crippen LogP contribution in [0, 0.1) is 5.82 Å². The van der Waals surface area contributed by atoms with Gasteiger partial charge in [-0.15, -0.1) is 0 Å². The van der Waals surface area contributed by atoms with Crippen LogP contribution in [0.3, 0.4) is 0 Å². The molecular weight excluding hydrogens is 336 g/mol. The van der Waals surface area contributed by atoms with Gasteiger partial charge in [-0.25, -0.2) is 4.39 Å². The standard InChI is InChI=1S/C23H21BFNO/c25-21-15-8-7-14-20(21)24-26-17-9-16-22(26)23(27-24,18-10-3-1-4-11-18)19-12-5-2-6-13-19/h1-8,10-15,22H,9,16-17H2/t22-/m0/s1. The van der Waals surface area contributed by atoms with E-state index in [9.17, 15) is 4.39 Å². The van der Waals surface area contributed by atoms with E-state index in [4.69, 9.17) is 4.65 Å². The van der Waals surface area contributed by atoms with Gasteiger partial charge in [0.1, 0.15) is 11.4 Å². The fraction of sp³-hybridized carbons (Fsp3) is 0.217. The summed E-state index contributed by atoms with van der Waals surface area (Å²) in [6, 6.07) is 28.0. The van der Waals surface area contributed by atoms with Crippen molar-refractivity contribution in [3.05, 3.63) is 102 Å². The van der Waals surface area contributed by atoms with E-state index < -0.39 is 5.60 Å². The topological polar surface area (TPSA) is 12.5 Å². The predicted octanol–water partition coefficient (Wildman–Crippen LogP) is 3.96. The Bertz CT molecular complexity index is 894. The van der Waals surface area contributed by atoms with Gasteiger partial charge in [0.05, 0.1) is 0 Å². The first-order chi connectivity index (χ1) is 13.3. The maximum absolute atomic E-state index is 14.6. The van der Waals surface area contributed by atoms with Crippen molar-refractivity contribution < 1.29 is 9.04 Å². The number of halogens is 1. The maximum Gasteiger partial charge on any atom is 0.422 e. The van der Waals surface area contributed by atoms with Crippen molar-refractivity contribution in [2.75, 3.05) is 6.54 Å². The SMILES string of the molecule is Fc1ccccc1B1OC(c2ccccc2)(c2ccccc2)[C@@H]2CCCN12. The molecule has 2 saturated heterocycles. The van der Waals surface area contributed by atoms with Crippen molar-refractivity contribution in [3.8, 4) is 0 Å². The number of hydrogen-bond acceptors (Lipinski definition) is 2. The molecule has 134 valence electrons. The molecule has 2 fully saturated rings. The Balaban J connectivity index is 1.71. The lowest BCUT2D eigenvalue weighted by Gasteiger charge is -2.36. The molecule has 3 aromatic rings. The molecule has 3 aromatic carbocycles. The largest absolute Gasteiger partial charge is 0.422 e. The third-order valence-corrected chi connectivity index (χ3v) is 5.94. The van der Waals surface area contributed by atoms with Gasteiger partial charge in [-0.1, -0.05) is 78.9 Å². The first-order valence-electron chi connectivity index (χ1n) is 9.60. The van der Waals surface area contributed by atoms with Gasteiger partial charge >= 0.3 is 7.05 Å². The Kier molecular flexibility index (Phi) is 4.11. The summed E-state index contributed by atoms with van der Waals surface area (Å²) < 4.78 is 21.5. The van der Waals surface area contributed by atoms with E-state index in [-0.39, 0.29) is 18.9 Å². The quantitative estimate of drug-likeness (QED) is 0.658. The smallest absolute Gasteiger partial charge is 0.402 e. The number of hydrogen-bond donors (Lipinski definition) is 0. The molecule has 4 heteroatoms. The van der Waals surface area contributed by atoms with Crippen LogP contribution < -0.4 is 5.46 Å². The summed E-state index contributed by atoms with van der Waals surface area (Å²) in [7, 11) is -0.376. The zero-order chi connectivity index (χ0) is 18.3. The third kappa shape index (κ3) is 2.55. The Morgan fingerprint density at radius 3 is 2.07 bits per heavy atom. The first kappa shape index (κ1) is 16.7. The zero-order valence-corrected chi connectivity index (χ0v) is 15.1. The minimum Gasteiger partial charge on any atom is -0.402 e. The molecule has 0 aromatic heterocycles. The summed E-state index contributed by atoms with van der Waals surface area (Å²) in [5.74, 6) is -0.204. The number of fused-ring (bicyclic) bond motifs is 1. The van der Waals surface area contributed by atoms with Gasteiger partial charge in [0.2, 0.25) is 0 Å². The van der Waals surface area contributed by atoms with Gasteiger partial charge in [0.15, 0.2) is 0 Å². The molecule has 2 aliphatic rings. The Hall–Kier alpha value is -2.43. The lowest BCUT2D eigenvalue weighted by Crippen LogP contribution is -2.47. The highest BCUT2D eigenvalue weighted by Crippen LogP contribution is 2.48. The van der Waals surface area contributed by atoms with E-state index in [2.05, 4.69) is 53.3 Å². The second kappa shape index (κ2) is 6.63. The van der Waals surface area contributed by atoms with Crippen LogP contribution in [-0.4, -0.2) is 24.4 Å². The summed E-state index contributed by atoms with van der Waals surface area (Å²) in [6.07, 6.45) is 2.13. The van der Waals surface area contributed by atoms with Crippen LogP contribution in [0.1, 0.15) is 24.0 Å². The summed E-state index contributed by atoms with van der Waals surface area (Å²) >= 11 is 0. The average Bonchev–Trinajstić information content (AvgIpc) is 3.32. The molecule has 0 bridgehead atoms. The van der Waals surface area contributed by atoms with E-state index in [1.54, 1.807) is 6.07 Å². The molecule has 27 heavy (non-hydrogen) atoms. The molecule has 0 saturated carbocycles. The summed E-state index contributed by atoms with van der Waals surface area (Å²) in [6.45, 7) is 0.922. The lowest BCUT2D eigenvalue weighted by atomic mass is 9.72. The van der Waals surface area contributed by atoms with E-state index in [1.165, 1.54) is 6.07 Å². The lowest BCUT2D eigenvalue weighted by molar-refractivity contribution is 0.106. The molecule has 5 rings (SSSR count). The highest BCUT2D eigenvalue weighted by atomic mass is 19.1. The van der Waals surface area contributed by atoms with Crippen LogP contribution in [0.2, 0.25) is 0 Å². The molecule has 0 aliphatic carbocycles. The molecule has 0 spiro atoms. The van der Waals surface area contributed by atoms with Gasteiger partial charge in [0, 0.05) is 11.5 Å². The molecule has 0 radical (unpaired) electrons. The van der Waals surface area contributed by atoms with Crippen LogP contribution in [0.15, 0.2) is 84.9 Å². The van der Waals surface area contributed by atoms with Crippen LogP contribution in [0.5, 0.6) is 0 Å². The van der Waals surface area contributed by atoms with Gasteiger partial charge in [0.25, 0.3) is 0 Å². The molecule has 2 heterocycles. The van der Waals surface area contributed by atoms with Crippen molar-refractivity contribution in [3.63, 3.8) is 0 Å². The first-order valence-corrected chi connectivity index (χ1v) is 9.60. The van der Waals surface area contributed by atoms with Crippen molar-refractivity contribution >= 4 is 12.5 Å². The second-order valence-electron chi connectivity index (χ2n) is 7.36. The van der Waals surface area contributed by atoms with Crippen molar-refractivity contribution in [2.24, 2.45) is 0 Å². The Morgan fingerprint density at radius 1 is 0.852 bits per heavy atom. The number of nitrogens with zero attached hydrogens (tertiary/aromatic N) is 1. The van der Waals surface area contributed by atoms with Crippen molar-refractivity contribution in [2.45, 2.75) is 24.5 Å². The van der Waals surface area contributed by atoms with Crippen LogP contribution in [0.25, 0.3) is 0 Å². The normalized spacial score (nSPS) is 21.4. The molecule has 2 nitrogen and oxygen atoms in total. The van der Waals surface area contributed by atoms with Gasteiger partial charge in [-0.05, 0) is 36.6 Å². The average molecular weight is 357 g/mol. The Labute approximate surface area is 159 Å². The van der Waals surface area contributed by atoms with E-state index in [0.717, 1.165) is 30.5 Å². The molecule has 2 aliphatic heterocycles. The van der Waals surface area contributed by atoms with Crippen molar-refractivity contribution in [1.29, 1.82) is 0 Å². The fourth-order valence-corrected chi connectivity index (χ4v) is 4.81. The van der Waals surface area contributed by atoms with Crippen molar-refractivity contribution in [1.82, 2.24) is 4.81 Å². The van der Waals surface area contributed by atoms with E-state index >= 15 is 0 Å². The van der Waals surface area contributed by atoms with Crippen LogP contribution in [0.4, 0.5) is 4.39 Å². The minimum absolute atomic E-state index is 0.187. The second-order valence-corrected chi connectivity index (χ2v) is 7.36. The molecule has 0 amide bonds. The maximum atomic E-state index is 14.6. The fourth-order valence-electron chi connectivity index (χ4n) is 4.81. The minimum atomic E-state index is -0.591. The zero-order valence-electron chi connectivity index (χ0n) is 15.1. The molecule has 0 unspecified atom stereocenters. The molecular formula is C23H21BFNO. The third-order valence-electron chi connectivity index (χ3n) is 5.94. The summed E-state index contributed by atoms with van der Waals surface area (Å²) in [4.78, 5) is 2.35. The van der Waals surface area contributed by atoms with Gasteiger partial charge in [-0.2, -0.15) is 0 Å². The van der Waals surface area contributed by atoms with Crippen LogP contribution in [-0.2, 0) is 10.3 Å². The summed E-state index contributed by atoms with van der Waals surface area (Å²) in [5, 5.41) is 0. The highest BCUT2D eigenvalue weighted by molar-refractivity contribution is 6.65. The highest BCUT2D eigenvalue weighted by Gasteiger charge is 2.59. The van der Waals surface area contributed by atoms with E-state index in [1.807, 2.05) is 24.3 Å².